The summed E-state index contributed by atoms with van der Waals surface area (Å²) in [5.74, 6) is 0.596. The van der Waals surface area contributed by atoms with Gasteiger partial charge in [-0.15, -0.1) is 0 Å². The summed E-state index contributed by atoms with van der Waals surface area (Å²) in [6, 6.07) is 3.15. The largest absolute Gasteiger partial charge is 0.397 e. The third-order valence-corrected chi connectivity index (χ3v) is 4.41. The molecule has 1 unspecified atom stereocenters. The fourth-order valence-corrected chi connectivity index (χ4v) is 3.29. The minimum atomic E-state index is -0.0947. The Kier molecular flexibility index (Phi) is 5.73. The van der Waals surface area contributed by atoms with Gasteiger partial charge in [0, 0.05) is 11.6 Å². The zero-order valence-electron chi connectivity index (χ0n) is 12.2. The molecular formula is C15H21Cl2N3O. The van der Waals surface area contributed by atoms with Crippen molar-refractivity contribution in [3.05, 3.63) is 22.2 Å². The normalized spacial score (nSPS) is 19.5. The molecular weight excluding hydrogens is 309 g/mol. The van der Waals surface area contributed by atoms with Crippen LogP contribution in [0.25, 0.3) is 0 Å². The molecule has 3 N–H and O–H groups in total. The summed E-state index contributed by atoms with van der Waals surface area (Å²) in [4.78, 5) is 14.4. The number of benzene rings is 1. The minimum absolute atomic E-state index is 0.0947. The number of carbonyl (C=O) groups excluding carboxylic acids is 1. The van der Waals surface area contributed by atoms with Gasteiger partial charge in [0.25, 0.3) is 0 Å². The zero-order chi connectivity index (χ0) is 15.4. The lowest BCUT2D eigenvalue weighted by molar-refractivity contribution is -0.117. The van der Waals surface area contributed by atoms with E-state index >= 15 is 0 Å². The molecule has 1 aliphatic heterocycles. The second-order valence-corrected chi connectivity index (χ2v) is 6.40. The Morgan fingerprint density at radius 2 is 2.24 bits per heavy atom. The van der Waals surface area contributed by atoms with E-state index in [2.05, 4.69) is 17.1 Å². The predicted molar refractivity (Wildman–Crippen MR) is 89.0 cm³/mol. The van der Waals surface area contributed by atoms with Crippen molar-refractivity contribution < 1.29 is 4.79 Å². The first-order valence-electron chi connectivity index (χ1n) is 7.26. The molecule has 4 nitrogen and oxygen atoms in total. The number of hydrogen-bond donors (Lipinski definition) is 2. The number of carbonyl (C=O) groups is 1. The van der Waals surface area contributed by atoms with E-state index in [1.54, 1.807) is 12.1 Å². The smallest absolute Gasteiger partial charge is 0.238 e. The summed E-state index contributed by atoms with van der Waals surface area (Å²) in [5, 5.41) is 3.61. The first-order valence-corrected chi connectivity index (χ1v) is 8.02. The van der Waals surface area contributed by atoms with Crippen molar-refractivity contribution in [1.29, 1.82) is 0 Å². The van der Waals surface area contributed by atoms with Crippen molar-refractivity contribution in [2.45, 2.75) is 26.2 Å². The molecule has 0 spiro atoms. The first kappa shape index (κ1) is 16.4. The van der Waals surface area contributed by atoms with Crippen LogP contribution in [0, 0.1) is 5.92 Å². The van der Waals surface area contributed by atoms with Crippen LogP contribution in [-0.4, -0.2) is 30.4 Å². The van der Waals surface area contributed by atoms with E-state index in [0.29, 0.717) is 33.9 Å². The Bertz CT molecular complexity index is 499. The Morgan fingerprint density at radius 1 is 1.48 bits per heavy atom. The van der Waals surface area contributed by atoms with E-state index in [4.69, 9.17) is 28.9 Å². The van der Waals surface area contributed by atoms with Crippen molar-refractivity contribution in [2.75, 3.05) is 30.7 Å². The fourth-order valence-electron chi connectivity index (χ4n) is 2.74. The Labute approximate surface area is 135 Å². The average molecular weight is 330 g/mol. The van der Waals surface area contributed by atoms with Crippen LogP contribution in [0.2, 0.25) is 10.0 Å². The van der Waals surface area contributed by atoms with E-state index in [-0.39, 0.29) is 5.91 Å². The molecule has 0 bridgehead atoms. The van der Waals surface area contributed by atoms with Gasteiger partial charge in [-0.1, -0.05) is 36.5 Å². The molecule has 1 aromatic carbocycles. The summed E-state index contributed by atoms with van der Waals surface area (Å²) < 4.78 is 0. The molecule has 0 aromatic heterocycles. The first-order chi connectivity index (χ1) is 9.99. The number of nitrogens with two attached hydrogens (primary N) is 1. The zero-order valence-corrected chi connectivity index (χ0v) is 13.7. The van der Waals surface area contributed by atoms with Crippen molar-refractivity contribution in [3.63, 3.8) is 0 Å². The van der Waals surface area contributed by atoms with Crippen molar-refractivity contribution in [2.24, 2.45) is 5.92 Å². The molecule has 0 radical (unpaired) electrons. The van der Waals surface area contributed by atoms with E-state index in [0.717, 1.165) is 25.9 Å². The monoisotopic (exact) mass is 329 g/mol. The standard InChI is InChI=1S/C15H21Cl2N3O/c1-2-10-4-3-5-20(8-10)9-14(21)19-15-12(17)6-11(16)7-13(15)18/h6-7,10H,2-5,8-9,18H2,1H3,(H,19,21). The van der Waals surface area contributed by atoms with Crippen LogP contribution < -0.4 is 11.1 Å². The number of rotatable bonds is 4. The third kappa shape index (κ3) is 4.50. The van der Waals surface area contributed by atoms with E-state index in [1.807, 2.05) is 0 Å². The van der Waals surface area contributed by atoms with E-state index in [9.17, 15) is 4.79 Å². The molecule has 0 saturated carbocycles. The molecule has 2 rings (SSSR count). The molecule has 21 heavy (non-hydrogen) atoms. The average Bonchev–Trinajstić information content (AvgIpc) is 2.43. The van der Waals surface area contributed by atoms with Crippen molar-refractivity contribution in [3.8, 4) is 0 Å². The molecule has 0 aliphatic carbocycles. The van der Waals surface area contributed by atoms with E-state index in [1.165, 1.54) is 6.42 Å². The summed E-state index contributed by atoms with van der Waals surface area (Å²) in [6.45, 7) is 4.51. The predicted octanol–water partition coefficient (Wildman–Crippen LogP) is 3.64. The van der Waals surface area contributed by atoms with Gasteiger partial charge in [-0.25, -0.2) is 0 Å². The molecule has 1 aromatic rings. The Hall–Kier alpha value is -0.970. The van der Waals surface area contributed by atoms with Crippen LogP contribution in [0.1, 0.15) is 26.2 Å². The summed E-state index contributed by atoms with van der Waals surface area (Å²) >= 11 is 11.9. The van der Waals surface area contributed by atoms with Crippen LogP contribution in [-0.2, 0) is 4.79 Å². The highest BCUT2D eigenvalue weighted by Gasteiger charge is 2.21. The van der Waals surface area contributed by atoms with Crippen molar-refractivity contribution >= 4 is 40.5 Å². The minimum Gasteiger partial charge on any atom is -0.397 e. The molecule has 1 atom stereocenters. The highest BCUT2D eigenvalue weighted by molar-refractivity contribution is 6.37. The van der Waals surface area contributed by atoms with Gasteiger partial charge in [0.05, 0.1) is 22.9 Å². The van der Waals surface area contributed by atoms with Gasteiger partial charge in [0.2, 0.25) is 5.91 Å². The maximum Gasteiger partial charge on any atom is 0.238 e. The van der Waals surface area contributed by atoms with Crippen LogP contribution in [0.5, 0.6) is 0 Å². The lowest BCUT2D eigenvalue weighted by Gasteiger charge is -2.31. The van der Waals surface area contributed by atoms with Crippen LogP contribution in [0.15, 0.2) is 12.1 Å². The van der Waals surface area contributed by atoms with Crippen LogP contribution in [0.4, 0.5) is 11.4 Å². The molecule has 1 amide bonds. The van der Waals surface area contributed by atoms with Crippen LogP contribution >= 0.6 is 23.2 Å². The maximum absolute atomic E-state index is 12.2. The number of nitrogens with zero attached hydrogens (tertiary/aromatic N) is 1. The number of hydrogen-bond acceptors (Lipinski definition) is 3. The summed E-state index contributed by atoms with van der Waals surface area (Å²) in [7, 11) is 0. The van der Waals surface area contributed by atoms with Gasteiger partial charge in [-0.2, -0.15) is 0 Å². The van der Waals surface area contributed by atoms with E-state index < -0.39 is 0 Å². The molecule has 1 fully saturated rings. The number of nitrogens with one attached hydrogen (secondary N) is 1. The van der Waals surface area contributed by atoms with Gasteiger partial charge >= 0.3 is 0 Å². The highest BCUT2D eigenvalue weighted by Crippen LogP contribution is 2.32. The summed E-state index contributed by atoms with van der Waals surface area (Å²) in [5.41, 5.74) is 6.67. The fraction of sp³-hybridized carbons (Fsp3) is 0.533. The molecule has 1 aliphatic rings. The highest BCUT2D eigenvalue weighted by atomic mass is 35.5. The second-order valence-electron chi connectivity index (χ2n) is 5.55. The number of nitrogen functional groups attached to an aromatic ring is 1. The molecule has 1 heterocycles. The summed E-state index contributed by atoms with van der Waals surface area (Å²) in [6.07, 6.45) is 3.56. The number of anilines is 2. The SMILES string of the molecule is CCC1CCCN(CC(=O)Nc2c(N)cc(Cl)cc2Cl)C1. The van der Waals surface area contributed by atoms with Crippen LogP contribution in [0.3, 0.4) is 0 Å². The van der Waals surface area contributed by atoms with Crippen molar-refractivity contribution in [1.82, 2.24) is 4.90 Å². The number of likely N-dealkylation sites (tertiary alicyclic amines) is 1. The number of halogens is 2. The van der Waals surface area contributed by atoms with Gasteiger partial charge in [-0.3, -0.25) is 9.69 Å². The second kappa shape index (κ2) is 7.34. The topological polar surface area (TPSA) is 58.4 Å². The molecule has 6 heteroatoms. The third-order valence-electron chi connectivity index (χ3n) is 3.90. The van der Waals surface area contributed by atoms with Gasteiger partial charge in [0.15, 0.2) is 0 Å². The Morgan fingerprint density at radius 3 is 2.90 bits per heavy atom. The quantitative estimate of drug-likeness (QED) is 0.829. The lowest BCUT2D eigenvalue weighted by atomic mass is 9.96. The molecule has 116 valence electrons. The van der Waals surface area contributed by atoms with Gasteiger partial charge in [-0.05, 0) is 37.4 Å². The van der Waals surface area contributed by atoms with Gasteiger partial charge in [0.1, 0.15) is 0 Å². The number of piperidine rings is 1. The maximum atomic E-state index is 12.2. The Balaban J connectivity index is 1.96. The number of amides is 1. The van der Waals surface area contributed by atoms with Gasteiger partial charge < -0.3 is 11.1 Å². The lowest BCUT2D eigenvalue weighted by Crippen LogP contribution is -2.40. The molecule has 1 saturated heterocycles.